The van der Waals surface area contributed by atoms with Crippen LogP contribution in [0.1, 0.15) is 31.2 Å². The first kappa shape index (κ1) is 16.1. The predicted molar refractivity (Wildman–Crippen MR) is 82.1 cm³/mol. The number of methoxy groups -OCH3 is 1. The molecule has 0 spiro atoms. The van der Waals surface area contributed by atoms with Crippen LogP contribution in [-0.2, 0) is 4.74 Å². The molecule has 0 fully saturated rings. The van der Waals surface area contributed by atoms with Gasteiger partial charge < -0.3 is 10.5 Å². The second kappa shape index (κ2) is 7.60. The molecule has 18 heavy (non-hydrogen) atoms. The van der Waals surface area contributed by atoms with Gasteiger partial charge in [-0.25, -0.2) is 0 Å². The largest absolute Gasteiger partial charge is 0.383 e. The minimum absolute atomic E-state index is 0.139. The zero-order valence-corrected chi connectivity index (χ0v) is 13.9. The molecule has 104 valence electrons. The van der Waals surface area contributed by atoms with Crippen LogP contribution in [-0.4, -0.2) is 37.7 Å². The van der Waals surface area contributed by atoms with Gasteiger partial charge in [-0.3, -0.25) is 4.90 Å². The number of rotatable bonds is 7. The first-order valence-corrected chi connectivity index (χ1v) is 7.83. The molecule has 0 radical (unpaired) electrons. The van der Waals surface area contributed by atoms with E-state index in [0.29, 0.717) is 6.04 Å². The Morgan fingerprint density at radius 3 is 2.61 bits per heavy atom. The minimum Gasteiger partial charge on any atom is -0.383 e. The lowest BCUT2D eigenvalue weighted by molar-refractivity contribution is 0.0805. The van der Waals surface area contributed by atoms with E-state index in [1.165, 1.54) is 4.88 Å². The maximum absolute atomic E-state index is 6.30. The van der Waals surface area contributed by atoms with E-state index in [1.54, 1.807) is 18.4 Å². The smallest absolute Gasteiger partial charge is 0.0702 e. The summed E-state index contributed by atoms with van der Waals surface area (Å²) in [5, 5.41) is 0. The van der Waals surface area contributed by atoms with Crippen LogP contribution in [0.3, 0.4) is 0 Å². The SMILES string of the molecule is CCC(N)C(c1ccc(Br)s1)N(C)C(C)COC. The Balaban J connectivity index is 2.91. The average Bonchev–Trinajstić information content (AvgIpc) is 2.75. The third-order valence-electron chi connectivity index (χ3n) is 3.30. The zero-order valence-electron chi connectivity index (χ0n) is 11.5. The molecule has 0 aromatic carbocycles. The van der Waals surface area contributed by atoms with E-state index in [1.807, 2.05) is 0 Å². The monoisotopic (exact) mass is 334 g/mol. The van der Waals surface area contributed by atoms with Gasteiger partial charge in [0.2, 0.25) is 0 Å². The fourth-order valence-corrected chi connectivity index (χ4v) is 3.71. The van der Waals surface area contributed by atoms with E-state index >= 15 is 0 Å². The number of hydrogen-bond acceptors (Lipinski definition) is 4. The number of nitrogens with zero attached hydrogens (tertiary/aromatic N) is 1. The molecule has 0 saturated heterocycles. The van der Waals surface area contributed by atoms with Crippen molar-refractivity contribution in [3.05, 3.63) is 20.8 Å². The number of ether oxygens (including phenoxy) is 1. The molecule has 0 amide bonds. The summed E-state index contributed by atoms with van der Waals surface area (Å²) in [7, 11) is 3.86. The van der Waals surface area contributed by atoms with Crippen LogP contribution < -0.4 is 5.73 Å². The van der Waals surface area contributed by atoms with E-state index in [-0.39, 0.29) is 12.1 Å². The van der Waals surface area contributed by atoms with Gasteiger partial charge in [0.25, 0.3) is 0 Å². The summed E-state index contributed by atoms with van der Waals surface area (Å²) in [5.74, 6) is 0. The Morgan fingerprint density at radius 2 is 2.17 bits per heavy atom. The molecule has 0 aliphatic heterocycles. The van der Waals surface area contributed by atoms with Crippen LogP contribution in [0.5, 0.6) is 0 Å². The molecule has 0 saturated carbocycles. The van der Waals surface area contributed by atoms with Crippen LogP contribution in [0, 0.1) is 0 Å². The highest BCUT2D eigenvalue weighted by Gasteiger charge is 2.27. The van der Waals surface area contributed by atoms with Crippen LogP contribution in [0.15, 0.2) is 15.9 Å². The second-order valence-corrected chi connectivity index (χ2v) is 7.12. The first-order valence-electron chi connectivity index (χ1n) is 6.22. The third-order valence-corrected chi connectivity index (χ3v) is 5.00. The summed E-state index contributed by atoms with van der Waals surface area (Å²) in [5.41, 5.74) is 6.30. The van der Waals surface area contributed by atoms with Gasteiger partial charge in [0, 0.05) is 24.1 Å². The fraction of sp³-hybridized carbons (Fsp3) is 0.692. The number of thiophene rings is 1. The van der Waals surface area contributed by atoms with Crippen molar-refractivity contribution >= 4 is 27.3 Å². The van der Waals surface area contributed by atoms with Crippen molar-refractivity contribution in [1.29, 1.82) is 0 Å². The van der Waals surface area contributed by atoms with Gasteiger partial charge in [0.15, 0.2) is 0 Å². The van der Waals surface area contributed by atoms with Crippen LogP contribution in [0.2, 0.25) is 0 Å². The molecule has 0 aliphatic rings. The van der Waals surface area contributed by atoms with Crippen molar-refractivity contribution in [2.24, 2.45) is 5.73 Å². The van der Waals surface area contributed by atoms with Gasteiger partial charge in [0.1, 0.15) is 0 Å². The van der Waals surface area contributed by atoms with Crippen molar-refractivity contribution in [1.82, 2.24) is 4.90 Å². The number of likely N-dealkylation sites (N-methyl/N-ethyl adjacent to an activating group) is 1. The molecule has 0 aliphatic carbocycles. The van der Waals surface area contributed by atoms with E-state index < -0.39 is 0 Å². The van der Waals surface area contributed by atoms with Crippen molar-refractivity contribution in [3.63, 3.8) is 0 Å². The number of halogens is 1. The summed E-state index contributed by atoms with van der Waals surface area (Å²) in [4.78, 5) is 3.62. The van der Waals surface area contributed by atoms with Crippen molar-refractivity contribution in [2.75, 3.05) is 20.8 Å². The molecule has 5 heteroatoms. The molecular formula is C13H23BrN2OS. The Morgan fingerprint density at radius 1 is 1.50 bits per heavy atom. The summed E-state index contributed by atoms with van der Waals surface area (Å²) >= 11 is 5.28. The molecule has 1 heterocycles. The second-order valence-electron chi connectivity index (χ2n) is 4.63. The molecule has 3 unspecified atom stereocenters. The lowest BCUT2D eigenvalue weighted by Gasteiger charge is -2.35. The summed E-state index contributed by atoms with van der Waals surface area (Å²) < 4.78 is 6.39. The van der Waals surface area contributed by atoms with Crippen molar-refractivity contribution < 1.29 is 4.74 Å². The number of hydrogen-bond donors (Lipinski definition) is 1. The Bertz CT molecular complexity index is 359. The average molecular weight is 335 g/mol. The van der Waals surface area contributed by atoms with Gasteiger partial charge in [-0.05, 0) is 48.5 Å². The van der Waals surface area contributed by atoms with Gasteiger partial charge >= 0.3 is 0 Å². The van der Waals surface area contributed by atoms with Crippen LogP contribution in [0.25, 0.3) is 0 Å². The number of nitrogens with two attached hydrogens (primary N) is 1. The molecule has 1 aromatic heterocycles. The zero-order chi connectivity index (χ0) is 13.7. The molecule has 1 rings (SSSR count). The van der Waals surface area contributed by atoms with Gasteiger partial charge in [-0.15, -0.1) is 11.3 Å². The molecule has 2 N–H and O–H groups in total. The lowest BCUT2D eigenvalue weighted by Crippen LogP contribution is -2.44. The Labute approximate surface area is 122 Å². The highest BCUT2D eigenvalue weighted by Crippen LogP contribution is 2.33. The lowest BCUT2D eigenvalue weighted by atomic mass is 10.0. The fourth-order valence-electron chi connectivity index (χ4n) is 2.06. The van der Waals surface area contributed by atoms with E-state index in [0.717, 1.165) is 16.8 Å². The van der Waals surface area contributed by atoms with Crippen LogP contribution in [0.4, 0.5) is 0 Å². The Hall–Kier alpha value is 0.0600. The summed E-state index contributed by atoms with van der Waals surface area (Å²) in [6, 6.07) is 4.98. The van der Waals surface area contributed by atoms with Gasteiger partial charge in [0.05, 0.1) is 16.4 Å². The van der Waals surface area contributed by atoms with Gasteiger partial charge in [-0.1, -0.05) is 6.92 Å². The third kappa shape index (κ3) is 4.03. The van der Waals surface area contributed by atoms with Gasteiger partial charge in [-0.2, -0.15) is 0 Å². The summed E-state index contributed by atoms with van der Waals surface area (Å²) in [6.07, 6.45) is 0.963. The summed E-state index contributed by atoms with van der Waals surface area (Å²) in [6.45, 7) is 5.02. The maximum atomic E-state index is 6.30. The highest BCUT2D eigenvalue weighted by molar-refractivity contribution is 9.11. The van der Waals surface area contributed by atoms with Crippen LogP contribution >= 0.6 is 27.3 Å². The molecule has 3 atom stereocenters. The van der Waals surface area contributed by atoms with Crippen molar-refractivity contribution in [2.45, 2.75) is 38.4 Å². The maximum Gasteiger partial charge on any atom is 0.0702 e. The van der Waals surface area contributed by atoms with E-state index in [9.17, 15) is 0 Å². The van der Waals surface area contributed by atoms with Crippen molar-refractivity contribution in [3.8, 4) is 0 Å². The molecular weight excluding hydrogens is 312 g/mol. The first-order chi connectivity index (χ1) is 8.51. The molecule has 1 aromatic rings. The van der Waals surface area contributed by atoms with E-state index in [2.05, 4.69) is 53.9 Å². The normalized spacial score (nSPS) is 16.8. The standard InChI is InChI=1S/C13H23BrN2OS/c1-5-10(15)13(11-6-7-12(14)18-11)16(3)9(2)8-17-4/h6-7,9-10,13H,5,8,15H2,1-4H3. The highest BCUT2D eigenvalue weighted by atomic mass is 79.9. The topological polar surface area (TPSA) is 38.5 Å². The molecule has 3 nitrogen and oxygen atoms in total. The Kier molecular flexibility index (Phi) is 6.81. The quantitative estimate of drug-likeness (QED) is 0.831. The minimum atomic E-state index is 0.139. The molecule has 0 bridgehead atoms. The predicted octanol–water partition coefficient (Wildman–Crippen LogP) is 3.26. The van der Waals surface area contributed by atoms with E-state index in [4.69, 9.17) is 10.5 Å².